The Morgan fingerprint density at radius 3 is 2.13 bits per heavy atom. The van der Waals surface area contributed by atoms with E-state index in [-0.39, 0.29) is 41.9 Å². The number of amides is 2. The van der Waals surface area contributed by atoms with Crippen molar-refractivity contribution < 1.29 is 27.1 Å². The zero-order chi connectivity index (χ0) is 33.3. The van der Waals surface area contributed by atoms with E-state index < -0.39 is 40.2 Å². The molecule has 8 nitrogen and oxygen atoms in total. The van der Waals surface area contributed by atoms with Gasteiger partial charge in [0.2, 0.25) is 11.8 Å². The average molecular weight is 666 g/mol. The third-order valence-electron chi connectivity index (χ3n) is 7.08. The van der Waals surface area contributed by atoms with Gasteiger partial charge in [-0.25, -0.2) is 12.8 Å². The van der Waals surface area contributed by atoms with Gasteiger partial charge in [0.25, 0.3) is 10.0 Å². The molecular formula is C35H37ClFN3O5S. The lowest BCUT2D eigenvalue weighted by atomic mass is 10.0. The lowest BCUT2D eigenvalue weighted by Crippen LogP contribution is -2.54. The van der Waals surface area contributed by atoms with Crippen LogP contribution in [0, 0.1) is 5.82 Å². The smallest absolute Gasteiger partial charge is 0.264 e. The minimum atomic E-state index is -4.35. The molecule has 0 aliphatic heterocycles. The van der Waals surface area contributed by atoms with E-state index >= 15 is 0 Å². The van der Waals surface area contributed by atoms with Crippen LogP contribution < -0.4 is 14.4 Å². The van der Waals surface area contributed by atoms with E-state index in [0.29, 0.717) is 10.6 Å². The Labute approximate surface area is 274 Å². The second kappa shape index (κ2) is 15.7. The summed E-state index contributed by atoms with van der Waals surface area (Å²) in [5.74, 6) is -1.24. The highest BCUT2D eigenvalue weighted by Gasteiger charge is 2.35. The fourth-order valence-electron chi connectivity index (χ4n) is 4.91. The summed E-state index contributed by atoms with van der Waals surface area (Å²) >= 11 is 6.05. The van der Waals surface area contributed by atoms with Crippen LogP contribution in [-0.2, 0) is 32.6 Å². The largest absolute Gasteiger partial charge is 0.492 e. The van der Waals surface area contributed by atoms with Crippen LogP contribution in [0.5, 0.6) is 5.75 Å². The molecule has 4 rings (SSSR count). The predicted octanol–water partition coefficient (Wildman–Crippen LogP) is 6.24. The molecule has 0 heterocycles. The van der Waals surface area contributed by atoms with Crippen LogP contribution in [0.1, 0.15) is 31.9 Å². The maximum atomic E-state index is 14.5. The van der Waals surface area contributed by atoms with E-state index in [1.807, 2.05) is 44.2 Å². The fraction of sp³-hybridized carbons (Fsp3) is 0.257. The molecular weight excluding hydrogens is 629 g/mol. The van der Waals surface area contributed by atoms with Crippen LogP contribution in [-0.4, -0.2) is 50.4 Å². The third kappa shape index (κ3) is 8.86. The van der Waals surface area contributed by atoms with Gasteiger partial charge in [-0.05, 0) is 80.4 Å². The molecule has 0 saturated carbocycles. The van der Waals surface area contributed by atoms with E-state index in [1.54, 1.807) is 31.2 Å². The van der Waals surface area contributed by atoms with Crippen LogP contribution in [0.3, 0.4) is 0 Å². The van der Waals surface area contributed by atoms with Gasteiger partial charge < -0.3 is 15.0 Å². The number of halogens is 2. The molecule has 0 unspecified atom stereocenters. The van der Waals surface area contributed by atoms with Gasteiger partial charge >= 0.3 is 0 Å². The molecule has 242 valence electrons. The van der Waals surface area contributed by atoms with Crippen molar-refractivity contribution >= 4 is 39.1 Å². The molecule has 0 bridgehead atoms. The number of nitrogens with one attached hydrogen (secondary N) is 1. The molecule has 0 aromatic heterocycles. The molecule has 0 saturated heterocycles. The van der Waals surface area contributed by atoms with Crippen molar-refractivity contribution in [3.63, 3.8) is 0 Å². The number of carbonyl (C=O) groups is 2. The van der Waals surface area contributed by atoms with Crippen molar-refractivity contribution in [2.45, 2.75) is 50.7 Å². The molecule has 0 aliphatic carbocycles. The van der Waals surface area contributed by atoms with E-state index in [1.165, 1.54) is 53.4 Å². The fourth-order valence-corrected chi connectivity index (χ4v) is 6.46. The molecule has 1 N–H and O–H groups in total. The van der Waals surface area contributed by atoms with Crippen LogP contribution in [0.25, 0.3) is 0 Å². The third-order valence-corrected chi connectivity index (χ3v) is 9.11. The first-order valence-corrected chi connectivity index (χ1v) is 16.7. The molecule has 4 aromatic carbocycles. The molecule has 1 atom stereocenters. The Morgan fingerprint density at radius 2 is 1.50 bits per heavy atom. The molecule has 4 aromatic rings. The Kier molecular flexibility index (Phi) is 11.8. The van der Waals surface area contributed by atoms with Gasteiger partial charge in [0, 0.05) is 24.0 Å². The number of rotatable bonds is 14. The van der Waals surface area contributed by atoms with Crippen LogP contribution in [0.2, 0.25) is 5.02 Å². The minimum Gasteiger partial charge on any atom is -0.492 e. The summed E-state index contributed by atoms with van der Waals surface area (Å²) in [6, 6.07) is 25.8. The van der Waals surface area contributed by atoms with Crippen molar-refractivity contribution in [1.29, 1.82) is 0 Å². The molecule has 0 radical (unpaired) electrons. The number of carbonyl (C=O) groups excluding carboxylic acids is 2. The second-order valence-electron chi connectivity index (χ2n) is 10.9. The van der Waals surface area contributed by atoms with Crippen molar-refractivity contribution in [3.05, 3.63) is 125 Å². The lowest BCUT2D eigenvalue weighted by molar-refractivity contribution is -0.140. The number of anilines is 1. The SMILES string of the molecule is CCOc1ccccc1N(CC(=O)N(Cc1ccc(F)cc1)[C@@H](Cc1ccccc1)C(=O)NC(C)C)S(=O)(=O)c1ccc(Cl)cc1. The minimum absolute atomic E-state index is 0.0793. The number of sulfonamides is 1. The number of nitrogens with zero attached hydrogens (tertiary/aromatic N) is 2. The first-order valence-electron chi connectivity index (χ1n) is 14.9. The molecule has 2 amide bonds. The summed E-state index contributed by atoms with van der Waals surface area (Å²) in [7, 11) is -4.35. The van der Waals surface area contributed by atoms with E-state index in [4.69, 9.17) is 16.3 Å². The highest BCUT2D eigenvalue weighted by Crippen LogP contribution is 2.33. The van der Waals surface area contributed by atoms with E-state index in [9.17, 15) is 22.4 Å². The summed E-state index contributed by atoms with van der Waals surface area (Å²) in [5.41, 5.74) is 1.52. The zero-order valence-electron chi connectivity index (χ0n) is 25.9. The first-order chi connectivity index (χ1) is 22.0. The Balaban J connectivity index is 1.84. The standard InChI is InChI=1S/C35H37ClFN3O5S/c1-4-45-33-13-9-8-12-31(33)40(46(43,44)30-20-16-28(36)17-21-30)24-34(41)39(23-27-14-18-29(37)19-15-27)32(35(42)38-25(2)3)22-26-10-6-5-7-11-26/h5-21,25,32H,4,22-24H2,1-3H3,(H,38,42)/t32-/m0/s1. The zero-order valence-corrected chi connectivity index (χ0v) is 27.5. The van der Waals surface area contributed by atoms with Gasteiger partial charge in [-0.15, -0.1) is 0 Å². The van der Waals surface area contributed by atoms with Crippen molar-refractivity contribution in [3.8, 4) is 5.75 Å². The second-order valence-corrected chi connectivity index (χ2v) is 13.2. The Hall–Kier alpha value is -4.41. The Bertz CT molecular complexity index is 1720. The number of ether oxygens (including phenoxy) is 1. The topological polar surface area (TPSA) is 96.0 Å². The predicted molar refractivity (Wildman–Crippen MR) is 178 cm³/mol. The van der Waals surface area contributed by atoms with E-state index in [0.717, 1.165) is 9.87 Å². The van der Waals surface area contributed by atoms with Crippen molar-refractivity contribution in [1.82, 2.24) is 10.2 Å². The molecule has 46 heavy (non-hydrogen) atoms. The maximum Gasteiger partial charge on any atom is 0.264 e. The summed E-state index contributed by atoms with van der Waals surface area (Å²) in [5, 5.41) is 3.26. The van der Waals surface area contributed by atoms with Gasteiger partial charge in [0.15, 0.2) is 0 Å². The summed E-state index contributed by atoms with van der Waals surface area (Å²) in [4.78, 5) is 29.6. The number of para-hydroxylation sites is 2. The quantitative estimate of drug-likeness (QED) is 0.172. The van der Waals surface area contributed by atoms with Gasteiger partial charge in [-0.2, -0.15) is 0 Å². The van der Waals surface area contributed by atoms with Crippen molar-refractivity contribution in [2.24, 2.45) is 0 Å². The molecule has 0 fully saturated rings. The van der Waals surface area contributed by atoms with Gasteiger partial charge in [0.1, 0.15) is 24.2 Å². The summed E-state index contributed by atoms with van der Waals surface area (Å²) in [6.07, 6.45) is 0.159. The summed E-state index contributed by atoms with van der Waals surface area (Å²) in [6.45, 7) is 4.92. The van der Waals surface area contributed by atoms with Gasteiger partial charge in [0.05, 0.1) is 17.2 Å². The number of hydrogen-bond acceptors (Lipinski definition) is 5. The Morgan fingerprint density at radius 1 is 0.870 bits per heavy atom. The maximum absolute atomic E-state index is 14.5. The highest BCUT2D eigenvalue weighted by molar-refractivity contribution is 7.92. The first kappa shape index (κ1) is 34.5. The monoisotopic (exact) mass is 665 g/mol. The molecule has 0 spiro atoms. The summed E-state index contributed by atoms with van der Waals surface area (Å²) < 4.78 is 49.1. The van der Waals surface area contributed by atoms with Gasteiger partial charge in [-0.3, -0.25) is 13.9 Å². The average Bonchev–Trinajstić information content (AvgIpc) is 3.03. The molecule has 0 aliphatic rings. The van der Waals surface area contributed by atoms with E-state index in [2.05, 4.69) is 5.32 Å². The van der Waals surface area contributed by atoms with Crippen LogP contribution >= 0.6 is 11.6 Å². The highest BCUT2D eigenvalue weighted by atomic mass is 35.5. The number of benzene rings is 4. The normalized spacial score (nSPS) is 12.0. The number of hydrogen-bond donors (Lipinski definition) is 1. The molecule has 11 heteroatoms. The lowest BCUT2D eigenvalue weighted by Gasteiger charge is -2.34. The van der Waals surface area contributed by atoms with Crippen molar-refractivity contribution in [2.75, 3.05) is 17.5 Å². The van der Waals surface area contributed by atoms with Crippen LogP contribution in [0.15, 0.2) is 108 Å². The van der Waals surface area contributed by atoms with Gasteiger partial charge in [-0.1, -0.05) is 66.2 Å². The van der Waals surface area contributed by atoms with Crippen LogP contribution in [0.4, 0.5) is 10.1 Å².